The van der Waals surface area contributed by atoms with E-state index in [9.17, 15) is 13.6 Å². The molecular formula is C10H12F2NO3P. The van der Waals surface area contributed by atoms with Crippen LogP contribution >= 0.6 is 9.24 Å². The third-order valence-electron chi connectivity index (χ3n) is 1.97. The van der Waals surface area contributed by atoms with Gasteiger partial charge in [0.05, 0.1) is 0 Å². The SMILES string of the molecule is CC(C)(OC(=O)Oc1ccccn1)C(F)(F)P. The maximum Gasteiger partial charge on any atom is 0.515 e. The average molecular weight is 263 g/mol. The van der Waals surface area contributed by atoms with Gasteiger partial charge in [-0.25, -0.2) is 9.78 Å². The lowest BCUT2D eigenvalue weighted by Gasteiger charge is -2.29. The van der Waals surface area contributed by atoms with Crippen molar-refractivity contribution in [3.8, 4) is 5.88 Å². The van der Waals surface area contributed by atoms with Gasteiger partial charge in [-0.3, -0.25) is 0 Å². The highest BCUT2D eigenvalue weighted by molar-refractivity contribution is 7.18. The van der Waals surface area contributed by atoms with Crippen LogP contribution in [0.4, 0.5) is 13.6 Å². The number of halogens is 2. The number of rotatable bonds is 3. The van der Waals surface area contributed by atoms with E-state index in [1.54, 1.807) is 12.1 Å². The van der Waals surface area contributed by atoms with Gasteiger partial charge < -0.3 is 9.47 Å². The van der Waals surface area contributed by atoms with Crippen LogP contribution in [0.3, 0.4) is 0 Å². The van der Waals surface area contributed by atoms with Gasteiger partial charge in [0.25, 0.3) is 5.66 Å². The van der Waals surface area contributed by atoms with Gasteiger partial charge in [0.2, 0.25) is 5.88 Å². The highest BCUT2D eigenvalue weighted by Crippen LogP contribution is 2.37. The van der Waals surface area contributed by atoms with Crippen LogP contribution in [-0.4, -0.2) is 22.4 Å². The third kappa shape index (κ3) is 3.89. The molecule has 4 nitrogen and oxygen atoms in total. The minimum absolute atomic E-state index is 0.0135. The molecule has 1 heterocycles. The number of ether oxygens (including phenoxy) is 2. The van der Waals surface area contributed by atoms with Crippen LogP contribution in [0.5, 0.6) is 5.88 Å². The molecule has 0 N–H and O–H groups in total. The Balaban J connectivity index is 2.62. The molecule has 0 aliphatic heterocycles. The van der Waals surface area contributed by atoms with Gasteiger partial charge in [-0.05, 0) is 19.9 Å². The molecule has 0 spiro atoms. The first-order chi connectivity index (χ1) is 7.72. The zero-order valence-corrected chi connectivity index (χ0v) is 10.5. The normalized spacial score (nSPS) is 12.1. The fraction of sp³-hybridized carbons (Fsp3) is 0.400. The summed E-state index contributed by atoms with van der Waals surface area (Å²) < 4.78 is 35.2. The van der Waals surface area contributed by atoms with Crippen LogP contribution < -0.4 is 4.74 Å². The van der Waals surface area contributed by atoms with Crippen molar-refractivity contribution in [2.45, 2.75) is 25.1 Å². The maximum absolute atomic E-state index is 13.0. The molecular weight excluding hydrogens is 251 g/mol. The highest BCUT2D eigenvalue weighted by Gasteiger charge is 2.46. The topological polar surface area (TPSA) is 48.4 Å². The quantitative estimate of drug-likeness (QED) is 0.621. The van der Waals surface area contributed by atoms with Crippen LogP contribution in [0.2, 0.25) is 0 Å². The summed E-state index contributed by atoms with van der Waals surface area (Å²) in [6.45, 7) is 2.17. The second-order valence-electron chi connectivity index (χ2n) is 3.76. The van der Waals surface area contributed by atoms with Crippen LogP contribution in [0, 0.1) is 0 Å². The fourth-order valence-electron chi connectivity index (χ4n) is 0.790. The smallest absolute Gasteiger partial charge is 0.421 e. The molecule has 0 saturated carbocycles. The molecule has 0 aliphatic carbocycles. The van der Waals surface area contributed by atoms with E-state index in [4.69, 9.17) is 0 Å². The summed E-state index contributed by atoms with van der Waals surface area (Å²) in [5, 5.41) is 0. The molecule has 7 heteroatoms. The first-order valence-electron chi connectivity index (χ1n) is 4.71. The second kappa shape index (κ2) is 4.92. The van der Waals surface area contributed by atoms with Crippen molar-refractivity contribution in [1.82, 2.24) is 4.98 Å². The van der Waals surface area contributed by atoms with Gasteiger partial charge in [-0.1, -0.05) is 15.3 Å². The van der Waals surface area contributed by atoms with Crippen LogP contribution in [0.1, 0.15) is 13.8 Å². The van der Waals surface area contributed by atoms with E-state index in [-0.39, 0.29) is 5.88 Å². The Hall–Kier alpha value is -1.29. The lowest BCUT2D eigenvalue weighted by atomic mass is 10.1. The number of pyridine rings is 1. The van der Waals surface area contributed by atoms with Gasteiger partial charge in [-0.2, -0.15) is 8.78 Å². The van der Waals surface area contributed by atoms with Crippen molar-refractivity contribution < 1.29 is 23.0 Å². The number of hydrogen-bond donors (Lipinski definition) is 0. The minimum Gasteiger partial charge on any atom is -0.421 e. The molecule has 0 aliphatic rings. The number of carbonyl (C=O) groups excluding carboxylic acids is 1. The summed E-state index contributed by atoms with van der Waals surface area (Å²) in [6, 6.07) is 4.62. The molecule has 1 aromatic rings. The predicted octanol–water partition coefficient (Wildman–Crippen LogP) is 2.84. The second-order valence-corrected chi connectivity index (χ2v) is 4.48. The Morgan fingerprint density at radius 3 is 2.53 bits per heavy atom. The summed E-state index contributed by atoms with van der Waals surface area (Å²) in [6.07, 6.45) is 0.175. The lowest BCUT2D eigenvalue weighted by molar-refractivity contribution is -0.112. The molecule has 0 bridgehead atoms. The highest BCUT2D eigenvalue weighted by atomic mass is 31.0. The largest absolute Gasteiger partial charge is 0.515 e. The molecule has 1 rings (SSSR count). The zero-order chi connectivity index (χ0) is 13.1. The number of carbonyl (C=O) groups is 1. The molecule has 0 radical (unpaired) electrons. The van der Waals surface area contributed by atoms with Gasteiger partial charge in [0, 0.05) is 12.3 Å². The molecule has 0 aromatic carbocycles. The number of hydrogen-bond acceptors (Lipinski definition) is 4. The van der Waals surface area contributed by atoms with E-state index in [1.807, 2.05) is 0 Å². The Bertz CT molecular complexity index is 392. The first kappa shape index (κ1) is 13.8. The Morgan fingerprint density at radius 2 is 2.06 bits per heavy atom. The van der Waals surface area contributed by atoms with Crippen LogP contribution in [-0.2, 0) is 4.74 Å². The van der Waals surface area contributed by atoms with Crippen molar-refractivity contribution in [3.05, 3.63) is 24.4 Å². The van der Waals surface area contributed by atoms with E-state index >= 15 is 0 Å². The lowest BCUT2D eigenvalue weighted by Crippen LogP contribution is -2.43. The van der Waals surface area contributed by atoms with Crippen molar-refractivity contribution in [2.24, 2.45) is 0 Å². The van der Waals surface area contributed by atoms with Crippen molar-refractivity contribution in [2.75, 3.05) is 0 Å². The summed E-state index contributed by atoms with van der Waals surface area (Å²) in [7, 11) is 1.32. The van der Waals surface area contributed by atoms with E-state index in [2.05, 4.69) is 14.5 Å². The van der Waals surface area contributed by atoms with Gasteiger partial charge in [0.1, 0.15) is 0 Å². The van der Waals surface area contributed by atoms with E-state index < -0.39 is 17.4 Å². The molecule has 0 amide bonds. The molecule has 94 valence electrons. The molecule has 1 aromatic heterocycles. The number of nitrogens with zero attached hydrogens (tertiary/aromatic N) is 1. The summed E-state index contributed by atoms with van der Waals surface area (Å²) >= 11 is 0. The summed E-state index contributed by atoms with van der Waals surface area (Å²) in [5.41, 5.74) is -5.24. The van der Waals surface area contributed by atoms with E-state index in [0.717, 1.165) is 13.8 Å². The summed E-state index contributed by atoms with van der Waals surface area (Å²) in [5.74, 6) is -0.0135. The van der Waals surface area contributed by atoms with Gasteiger partial charge in [-0.15, -0.1) is 0 Å². The van der Waals surface area contributed by atoms with Crippen LogP contribution in [0.15, 0.2) is 24.4 Å². The maximum atomic E-state index is 13.0. The Kier molecular flexibility index (Phi) is 3.98. The Labute approximate surface area is 99.5 Å². The molecule has 0 fully saturated rings. The molecule has 1 atom stereocenters. The monoisotopic (exact) mass is 263 g/mol. The third-order valence-corrected chi connectivity index (χ3v) is 2.66. The zero-order valence-electron chi connectivity index (χ0n) is 9.31. The first-order valence-corrected chi connectivity index (χ1v) is 5.29. The molecule has 1 unspecified atom stereocenters. The predicted molar refractivity (Wildman–Crippen MR) is 60.1 cm³/mol. The van der Waals surface area contributed by atoms with Gasteiger partial charge >= 0.3 is 6.16 Å². The fourth-order valence-corrected chi connectivity index (χ4v) is 0.849. The molecule has 0 saturated heterocycles. The number of aromatic nitrogens is 1. The van der Waals surface area contributed by atoms with Crippen molar-refractivity contribution >= 4 is 15.4 Å². The van der Waals surface area contributed by atoms with E-state index in [1.165, 1.54) is 21.5 Å². The summed E-state index contributed by atoms with van der Waals surface area (Å²) in [4.78, 5) is 14.9. The standard InChI is InChI=1S/C10H12F2NO3P/c1-9(2,10(11,12)17)16-8(14)15-7-5-3-4-6-13-7/h3-6H,17H2,1-2H3. The molecule has 17 heavy (non-hydrogen) atoms. The van der Waals surface area contributed by atoms with Gasteiger partial charge in [0.15, 0.2) is 5.60 Å². The Morgan fingerprint density at radius 1 is 1.41 bits per heavy atom. The van der Waals surface area contributed by atoms with Crippen molar-refractivity contribution in [1.29, 1.82) is 0 Å². The van der Waals surface area contributed by atoms with E-state index in [0.29, 0.717) is 0 Å². The van der Waals surface area contributed by atoms with Crippen LogP contribution in [0.25, 0.3) is 0 Å². The van der Waals surface area contributed by atoms with Crippen molar-refractivity contribution in [3.63, 3.8) is 0 Å². The minimum atomic E-state index is -3.25. The number of alkyl halides is 2. The average Bonchev–Trinajstić information content (AvgIpc) is 2.16.